The minimum Gasteiger partial charge on any atom is -0.479 e. The molecule has 0 radical (unpaired) electrons. The standard InChI is InChI=1S/C24H26ClN3O7/c1-28(23-20(31)18(29)19(30)21(35-23)24(32)33)10-8-27(9-11-28)22-14-12-13(25)6-7-16(14)34-17-5-3-2-4-15(17)26-22/h2-7,12,18-21,23,29-31H,8-11H2,1H3/p+1/t18-,19-,20+,21-,23+/m0/s1. The summed E-state index contributed by atoms with van der Waals surface area (Å²) in [5.74, 6) is 0.574. The number of nitrogens with zero attached hydrogens (tertiary/aromatic N) is 3. The first-order chi connectivity index (χ1) is 16.7. The number of fused-ring (bicyclic) bond motifs is 2. The molecule has 3 aliphatic rings. The number of aliphatic hydroxyl groups is 3. The van der Waals surface area contributed by atoms with Crippen molar-refractivity contribution in [1.29, 1.82) is 0 Å². The van der Waals surface area contributed by atoms with Gasteiger partial charge in [-0.15, -0.1) is 0 Å². The van der Waals surface area contributed by atoms with E-state index < -0.39 is 36.6 Å². The van der Waals surface area contributed by atoms with Gasteiger partial charge in [-0.25, -0.2) is 9.79 Å². The molecule has 11 heteroatoms. The van der Waals surface area contributed by atoms with Crippen LogP contribution in [0.15, 0.2) is 47.5 Å². The number of aliphatic hydroxyl groups excluding tert-OH is 3. The van der Waals surface area contributed by atoms with E-state index >= 15 is 0 Å². The highest BCUT2D eigenvalue weighted by molar-refractivity contribution is 6.31. The van der Waals surface area contributed by atoms with Crippen molar-refractivity contribution in [2.45, 2.75) is 30.6 Å². The number of carboxylic acid groups (broad SMARTS) is 1. The first-order valence-corrected chi connectivity index (χ1v) is 11.7. The summed E-state index contributed by atoms with van der Waals surface area (Å²) < 4.78 is 11.9. The summed E-state index contributed by atoms with van der Waals surface area (Å²) >= 11 is 6.30. The van der Waals surface area contributed by atoms with E-state index in [-0.39, 0.29) is 4.48 Å². The topological polar surface area (TPSA) is 132 Å². The molecule has 2 aromatic carbocycles. The fourth-order valence-electron chi connectivity index (χ4n) is 4.90. The van der Waals surface area contributed by atoms with Gasteiger partial charge in [0.05, 0.1) is 38.8 Å². The molecule has 5 atom stereocenters. The quantitative estimate of drug-likeness (QED) is 0.448. The molecule has 0 aliphatic carbocycles. The maximum Gasteiger partial charge on any atom is 0.335 e. The van der Waals surface area contributed by atoms with E-state index in [0.717, 1.165) is 5.56 Å². The fourth-order valence-corrected chi connectivity index (χ4v) is 5.08. The molecule has 3 heterocycles. The first kappa shape index (κ1) is 24.0. The molecule has 0 saturated carbocycles. The van der Waals surface area contributed by atoms with Gasteiger partial charge in [0.1, 0.15) is 29.5 Å². The van der Waals surface area contributed by atoms with Crippen molar-refractivity contribution in [3.63, 3.8) is 0 Å². The van der Waals surface area contributed by atoms with Crippen molar-refractivity contribution in [1.82, 2.24) is 4.90 Å². The maximum absolute atomic E-state index is 11.6. The van der Waals surface area contributed by atoms with E-state index in [9.17, 15) is 25.2 Å². The number of benzene rings is 2. The number of rotatable bonds is 2. The molecule has 0 unspecified atom stereocenters. The van der Waals surface area contributed by atoms with E-state index in [1.807, 2.05) is 43.4 Å². The van der Waals surface area contributed by atoms with Gasteiger partial charge in [-0.2, -0.15) is 0 Å². The Kier molecular flexibility index (Phi) is 6.20. The van der Waals surface area contributed by atoms with Crippen LogP contribution in [0.25, 0.3) is 0 Å². The number of hydrogen-bond acceptors (Lipinski definition) is 8. The third-order valence-electron chi connectivity index (χ3n) is 7.00. The van der Waals surface area contributed by atoms with Crippen LogP contribution in [0.2, 0.25) is 5.02 Å². The number of aliphatic imine (C=N–C) groups is 1. The van der Waals surface area contributed by atoms with Crippen molar-refractivity contribution < 1.29 is 39.2 Å². The Morgan fingerprint density at radius 3 is 2.49 bits per heavy atom. The molecular formula is C24H27ClN3O7+. The summed E-state index contributed by atoms with van der Waals surface area (Å²) in [5.41, 5.74) is 1.44. The van der Waals surface area contributed by atoms with Crippen molar-refractivity contribution in [3.8, 4) is 11.5 Å². The Balaban J connectivity index is 1.42. The number of aliphatic carboxylic acids is 1. The zero-order valence-corrected chi connectivity index (χ0v) is 19.7. The summed E-state index contributed by atoms with van der Waals surface area (Å²) in [4.78, 5) is 18.5. The Labute approximate surface area is 206 Å². The molecule has 10 nitrogen and oxygen atoms in total. The highest BCUT2D eigenvalue weighted by Crippen LogP contribution is 2.39. The van der Waals surface area contributed by atoms with Crippen molar-refractivity contribution in [2.75, 3.05) is 33.2 Å². The van der Waals surface area contributed by atoms with E-state index in [4.69, 9.17) is 26.1 Å². The van der Waals surface area contributed by atoms with Crippen LogP contribution in [-0.2, 0) is 9.53 Å². The zero-order chi connectivity index (χ0) is 24.9. The van der Waals surface area contributed by atoms with Gasteiger partial charge in [0.2, 0.25) is 6.23 Å². The molecule has 0 amide bonds. The third kappa shape index (κ3) is 4.26. The predicted octanol–water partition coefficient (Wildman–Crippen LogP) is 1.18. The molecule has 5 rings (SSSR count). The van der Waals surface area contributed by atoms with Crippen LogP contribution in [0.3, 0.4) is 0 Å². The van der Waals surface area contributed by atoms with Gasteiger partial charge in [0.15, 0.2) is 18.0 Å². The highest BCUT2D eigenvalue weighted by atomic mass is 35.5. The number of para-hydroxylation sites is 2. The molecule has 2 fully saturated rings. The van der Waals surface area contributed by atoms with Crippen LogP contribution in [0.1, 0.15) is 5.56 Å². The van der Waals surface area contributed by atoms with Gasteiger partial charge < -0.3 is 34.8 Å². The maximum atomic E-state index is 11.6. The third-order valence-corrected chi connectivity index (χ3v) is 7.24. The monoisotopic (exact) mass is 504 g/mol. The number of carboxylic acids is 1. The summed E-state index contributed by atoms with van der Waals surface area (Å²) in [6, 6.07) is 12.9. The number of hydrogen-bond donors (Lipinski definition) is 4. The average molecular weight is 505 g/mol. The lowest BCUT2D eigenvalue weighted by molar-refractivity contribution is -0.964. The molecule has 2 aromatic rings. The molecule has 186 valence electrons. The molecule has 0 spiro atoms. The van der Waals surface area contributed by atoms with Crippen LogP contribution in [-0.4, -0.2) is 105 Å². The molecule has 35 heavy (non-hydrogen) atoms. The number of piperazine rings is 1. The molecule has 4 N–H and O–H groups in total. The predicted molar refractivity (Wildman–Crippen MR) is 126 cm³/mol. The van der Waals surface area contributed by atoms with E-state index in [1.54, 1.807) is 6.07 Å². The Morgan fingerprint density at radius 2 is 1.77 bits per heavy atom. The Bertz CT molecular complexity index is 1170. The van der Waals surface area contributed by atoms with E-state index in [1.165, 1.54) is 0 Å². The largest absolute Gasteiger partial charge is 0.479 e. The fraction of sp³-hybridized carbons (Fsp3) is 0.417. The van der Waals surface area contributed by atoms with Gasteiger partial charge in [0, 0.05) is 5.02 Å². The second-order valence-electron chi connectivity index (χ2n) is 9.32. The van der Waals surface area contributed by atoms with Gasteiger partial charge in [-0.3, -0.25) is 4.48 Å². The molecule has 0 aromatic heterocycles. The van der Waals surface area contributed by atoms with Crippen LogP contribution >= 0.6 is 11.6 Å². The van der Waals surface area contributed by atoms with Crippen molar-refractivity contribution in [3.05, 3.63) is 53.1 Å². The van der Waals surface area contributed by atoms with Crippen molar-refractivity contribution >= 4 is 29.1 Å². The van der Waals surface area contributed by atoms with Gasteiger partial charge in [-0.05, 0) is 30.3 Å². The van der Waals surface area contributed by atoms with Gasteiger partial charge in [0.25, 0.3) is 0 Å². The van der Waals surface area contributed by atoms with Gasteiger partial charge in [-0.1, -0.05) is 23.7 Å². The first-order valence-electron chi connectivity index (χ1n) is 11.3. The van der Waals surface area contributed by atoms with Crippen LogP contribution in [0.4, 0.5) is 5.69 Å². The number of likely N-dealkylation sites (N-methyl/N-ethyl adjacent to an activating group) is 1. The normalized spacial score (nSPS) is 29.8. The molecule has 2 saturated heterocycles. The molecule has 3 aliphatic heterocycles. The SMILES string of the molecule is C[N+]1([C@@H]2O[C@H](C(=O)O)[C@@H](O)[C@H](O)[C@H]2O)CCN(C2=Nc3ccccc3Oc3ccc(Cl)cc32)CC1. The number of carbonyl (C=O) groups is 1. The van der Waals surface area contributed by atoms with Crippen LogP contribution in [0.5, 0.6) is 11.5 Å². The van der Waals surface area contributed by atoms with Crippen LogP contribution in [0, 0.1) is 0 Å². The van der Waals surface area contributed by atoms with Crippen LogP contribution < -0.4 is 4.74 Å². The molecular weight excluding hydrogens is 478 g/mol. The Hall–Kier alpha value is -2.73. The highest BCUT2D eigenvalue weighted by Gasteiger charge is 2.54. The minimum atomic E-state index is -1.71. The van der Waals surface area contributed by atoms with Gasteiger partial charge >= 0.3 is 5.97 Å². The summed E-state index contributed by atoms with van der Waals surface area (Å²) in [7, 11) is 1.84. The van der Waals surface area contributed by atoms with Crippen molar-refractivity contribution in [2.24, 2.45) is 4.99 Å². The second-order valence-corrected chi connectivity index (χ2v) is 9.75. The Morgan fingerprint density at radius 1 is 1.06 bits per heavy atom. The number of quaternary nitrogens is 1. The number of halogens is 1. The summed E-state index contributed by atoms with van der Waals surface area (Å²) in [6.07, 6.45) is -7.42. The number of ether oxygens (including phenoxy) is 2. The lowest BCUT2D eigenvalue weighted by atomic mass is 9.96. The second kappa shape index (κ2) is 9.05. The number of amidine groups is 1. The summed E-state index contributed by atoms with van der Waals surface area (Å²) in [6.45, 7) is 1.95. The lowest BCUT2D eigenvalue weighted by Crippen LogP contribution is -2.72. The minimum absolute atomic E-state index is 0.161. The smallest absolute Gasteiger partial charge is 0.335 e. The van der Waals surface area contributed by atoms with E-state index in [2.05, 4.69) is 4.90 Å². The lowest BCUT2D eigenvalue weighted by Gasteiger charge is -2.51. The summed E-state index contributed by atoms with van der Waals surface area (Å²) in [5, 5.41) is 40.9. The zero-order valence-electron chi connectivity index (χ0n) is 19.0. The van der Waals surface area contributed by atoms with E-state index in [0.29, 0.717) is 54.2 Å². The average Bonchev–Trinajstić information content (AvgIpc) is 2.99. The molecule has 0 bridgehead atoms.